The monoisotopic (exact) mass is 220 g/mol. The largest absolute Gasteiger partial charge is 0.138 e. The van der Waals surface area contributed by atoms with Gasteiger partial charge in [0.2, 0.25) is 0 Å². The van der Waals surface area contributed by atoms with Crippen LogP contribution in [0.5, 0.6) is 0 Å². The van der Waals surface area contributed by atoms with Crippen LogP contribution in [0, 0.1) is 0 Å². The fourth-order valence-corrected chi connectivity index (χ4v) is 1.38. The van der Waals surface area contributed by atoms with E-state index < -0.39 is 0 Å². The van der Waals surface area contributed by atoms with Crippen LogP contribution in [0.1, 0.15) is 20.3 Å². The van der Waals surface area contributed by atoms with Gasteiger partial charge in [-0.25, -0.2) is 0 Å². The highest BCUT2D eigenvalue weighted by atomic mass is 32.2. The van der Waals surface area contributed by atoms with Gasteiger partial charge in [0.15, 0.2) is 0 Å². The van der Waals surface area contributed by atoms with Crippen molar-refractivity contribution in [1.29, 1.82) is 0 Å². The first kappa shape index (κ1) is 14.1. The van der Waals surface area contributed by atoms with Crippen molar-refractivity contribution in [1.82, 2.24) is 0 Å². The number of hydrogen-bond donors (Lipinski definition) is 0. The molecular weight excluding hydrogens is 200 g/mol. The van der Waals surface area contributed by atoms with Crippen LogP contribution in [0.15, 0.2) is 59.6 Å². The van der Waals surface area contributed by atoms with Crippen molar-refractivity contribution in [3.8, 4) is 0 Å². The molecule has 0 bridgehead atoms. The molecule has 0 nitrogen and oxygen atoms in total. The van der Waals surface area contributed by atoms with Crippen LogP contribution in [0.3, 0.4) is 0 Å². The molecule has 0 aliphatic rings. The predicted octanol–water partition coefficient (Wildman–Crippen LogP) is 4.89. The van der Waals surface area contributed by atoms with Gasteiger partial charge in [-0.05, 0) is 42.2 Å². The number of thioether (sulfide) groups is 1. The van der Waals surface area contributed by atoms with E-state index in [0.717, 1.165) is 12.0 Å². The van der Waals surface area contributed by atoms with Gasteiger partial charge >= 0.3 is 0 Å². The van der Waals surface area contributed by atoms with E-state index in [0.29, 0.717) is 0 Å². The predicted molar refractivity (Wildman–Crippen MR) is 74.1 cm³/mol. The lowest BCUT2D eigenvalue weighted by molar-refractivity contribution is 1.22. The molecule has 0 rings (SSSR count). The Balaban J connectivity index is 5.09. The van der Waals surface area contributed by atoms with Crippen LogP contribution in [0.2, 0.25) is 0 Å². The van der Waals surface area contributed by atoms with Crippen LogP contribution in [0.25, 0.3) is 0 Å². The zero-order chi connectivity index (χ0) is 11.5. The summed E-state index contributed by atoms with van der Waals surface area (Å²) < 4.78 is 0. The molecule has 0 saturated carbocycles. The summed E-state index contributed by atoms with van der Waals surface area (Å²) in [6.45, 7) is 7.98. The van der Waals surface area contributed by atoms with Gasteiger partial charge < -0.3 is 0 Å². The highest BCUT2D eigenvalue weighted by molar-refractivity contribution is 8.01. The van der Waals surface area contributed by atoms with Gasteiger partial charge in [-0.3, -0.25) is 0 Å². The standard InChI is InChI=1S/C14H20S/c1-5-8-10-14(11-12-15-4)13(7-3)9-6-2/h6-12H,3,5H2,1-2,4H3/b9-6-,10-8-,12-11?,14-13-. The summed E-state index contributed by atoms with van der Waals surface area (Å²) in [6.07, 6.45) is 15.5. The maximum Gasteiger partial charge on any atom is -0.0142 e. The van der Waals surface area contributed by atoms with Crippen molar-refractivity contribution < 1.29 is 0 Å². The molecule has 0 unspecified atom stereocenters. The molecule has 0 amide bonds. The maximum absolute atomic E-state index is 3.83. The summed E-state index contributed by atoms with van der Waals surface area (Å²) >= 11 is 1.70. The van der Waals surface area contributed by atoms with Crippen molar-refractivity contribution in [2.45, 2.75) is 20.3 Å². The fourth-order valence-electron chi connectivity index (χ4n) is 1.10. The summed E-state index contributed by atoms with van der Waals surface area (Å²) in [4.78, 5) is 0. The highest BCUT2D eigenvalue weighted by Gasteiger charge is 1.92. The smallest absolute Gasteiger partial charge is 0.0142 e. The number of allylic oxidation sites excluding steroid dienone is 8. The summed E-state index contributed by atoms with van der Waals surface area (Å²) in [7, 11) is 0. The zero-order valence-electron chi connectivity index (χ0n) is 9.86. The van der Waals surface area contributed by atoms with Crippen LogP contribution in [-0.4, -0.2) is 6.26 Å². The normalized spacial score (nSPS) is 14.1. The molecule has 0 aromatic carbocycles. The van der Waals surface area contributed by atoms with Crippen molar-refractivity contribution in [3.05, 3.63) is 59.6 Å². The van der Waals surface area contributed by atoms with E-state index in [1.807, 2.05) is 19.1 Å². The molecule has 82 valence electrons. The lowest BCUT2D eigenvalue weighted by atomic mass is 10.1. The van der Waals surface area contributed by atoms with Crippen molar-refractivity contribution in [2.75, 3.05) is 6.26 Å². The molecule has 0 saturated heterocycles. The minimum Gasteiger partial charge on any atom is -0.138 e. The molecular formula is C14H20S. The van der Waals surface area contributed by atoms with Crippen LogP contribution < -0.4 is 0 Å². The molecule has 0 aromatic rings. The van der Waals surface area contributed by atoms with Crippen molar-refractivity contribution in [2.24, 2.45) is 0 Å². The van der Waals surface area contributed by atoms with Crippen LogP contribution >= 0.6 is 11.8 Å². The number of hydrogen-bond acceptors (Lipinski definition) is 1. The van der Waals surface area contributed by atoms with E-state index in [2.05, 4.69) is 49.5 Å². The van der Waals surface area contributed by atoms with Crippen molar-refractivity contribution in [3.63, 3.8) is 0 Å². The van der Waals surface area contributed by atoms with E-state index >= 15 is 0 Å². The molecule has 0 heterocycles. The fraction of sp³-hybridized carbons (Fsp3) is 0.286. The van der Waals surface area contributed by atoms with E-state index in [4.69, 9.17) is 0 Å². The van der Waals surface area contributed by atoms with Gasteiger partial charge in [0.05, 0.1) is 0 Å². The summed E-state index contributed by atoms with van der Waals surface area (Å²) in [5, 5.41) is 2.09. The van der Waals surface area contributed by atoms with Gasteiger partial charge in [-0.2, -0.15) is 0 Å². The Kier molecular flexibility index (Phi) is 8.99. The molecule has 1 heteroatoms. The third-order valence-electron chi connectivity index (χ3n) is 1.82. The topological polar surface area (TPSA) is 0 Å². The molecule has 0 fully saturated rings. The Morgan fingerprint density at radius 1 is 1.20 bits per heavy atom. The molecule has 15 heavy (non-hydrogen) atoms. The number of rotatable bonds is 6. The molecule has 0 aliphatic heterocycles. The second-order valence-electron chi connectivity index (χ2n) is 2.96. The first-order valence-electron chi connectivity index (χ1n) is 5.15. The Labute approximate surface area is 98.2 Å². The second-order valence-corrected chi connectivity index (χ2v) is 3.71. The third-order valence-corrected chi connectivity index (χ3v) is 2.22. The Morgan fingerprint density at radius 3 is 2.40 bits per heavy atom. The van der Waals surface area contributed by atoms with Gasteiger partial charge in [-0.15, -0.1) is 11.8 Å². The van der Waals surface area contributed by atoms with Crippen molar-refractivity contribution >= 4 is 11.8 Å². The SMILES string of the molecule is C=CC(/C=C\C)=C(C=CSC)\C=C/CC. The average molecular weight is 220 g/mol. The Bertz CT molecular complexity index is 274. The average Bonchev–Trinajstić information content (AvgIpc) is 2.27. The Hall–Kier alpha value is -0.950. The molecule has 0 aliphatic carbocycles. The molecule has 0 radical (unpaired) electrons. The summed E-state index contributed by atoms with van der Waals surface area (Å²) in [5.41, 5.74) is 2.37. The minimum atomic E-state index is 1.05. The van der Waals surface area contributed by atoms with Gasteiger partial charge in [-0.1, -0.05) is 43.9 Å². The van der Waals surface area contributed by atoms with Gasteiger partial charge in [0, 0.05) is 0 Å². The third kappa shape index (κ3) is 6.19. The van der Waals surface area contributed by atoms with Gasteiger partial charge in [0.1, 0.15) is 0 Å². The maximum atomic E-state index is 3.83. The molecule has 0 N–H and O–H groups in total. The zero-order valence-corrected chi connectivity index (χ0v) is 10.7. The van der Waals surface area contributed by atoms with E-state index in [1.54, 1.807) is 11.8 Å². The first-order valence-corrected chi connectivity index (χ1v) is 6.44. The van der Waals surface area contributed by atoms with E-state index in [1.165, 1.54) is 5.57 Å². The quantitative estimate of drug-likeness (QED) is 0.574. The summed E-state index contributed by atoms with van der Waals surface area (Å²) in [6, 6.07) is 0. The second kappa shape index (κ2) is 9.60. The molecule has 0 atom stereocenters. The lowest BCUT2D eigenvalue weighted by Gasteiger charge is -1.99. The minimum absolute atomic E-state index is 1.05. The molecule has 0 spiro atoms. The summed E-state index contributed by atoms with van der Waals surface area (Å²) in [5.74, 6) is 0. The van der Waals surface area contributed by atoms with Crippen LogP contribution in [-0.2, 0) is 0 Å². The lowest BCUT2D eigenvalue weighted by Crippen LogP contribution is -1.79. The first-order chi connectivity index (χ1) is 7.29. The molecule has 0 aromatic heterocycles. The van der Waals surface area contributed by atoms with Crippen LogP contribution in [0.4, 0.5) is 0 Å². The van der Waals surface area contributed by atoms with E-state index in [9.17, 15) is 0 Å². The highest BCUT2D eigenvalue weighted by Crippen LogP contribution is 2.13. The Morgan fingerprint density at radius 2 is 1.93 bits per heavy atom. The van der Waals surface area contributed by atoms with E-state index in [-0.39, 0.29) is 0 Å². The van der Waals surface area contributed by atoms with Gasteiger partial charge in [0.25, 0.3) is 0 Å².